The number of hydrogen-bond donors (Lipinski definition) is 1. The van der Waals surface area contributed by atoms with Gasteiger partial charge in [-0.3, -0.25) is 14.5 Å². The molecule has 1 amide bonds. The fourth-order valence-corrected chi connectivity index (χ4v) is 3.75. The first-order chi connectivity index (χ1) is 14.0. The van der Waals surface area contributed by atoms with Crippen LogP contribution in [0, 0.1) is 0 Å². The Bertz CT molecular complexity index is 1310. The summed E-state index contributed by atoms with van der Waals surface area (Å²) in [6.07, 6.45) is 1.44. The molecule has 0 unspecified atom stereocenters. The number of carbonyl (C=O) groups is 1. The van der Waals surface area contributed by atoms with E-state index in [-0.39, 0.29) is 22.5 Å². The summed E-state index contributed by atoms with van der Waals surface area (Å²) in [5.74, 6) is -0.0494. The van der Waals surface area contributed by atoms with Gasteiger partial charge in [-0.1, -0.05) is 35.9 Å². The number of phenolic OH excluding ortho intramolecular Hbond substituents is 1. The van der Waals surface area contributed by atoms with E-state index >= 15 is 0 Å². The second-order valence-electron chi connectivity index (χ2n) is 6.67. The van der Waals surface area contributed by atoms with Crippen molar-refractivity contribution in [2.45, 2.75) is 6.04 Å². The van der Waals surface area contributed by atoms with Crippen molar-refractivity contribution >= 4 is 34.3 Å². The van der Waals surface area contributed by atoms with E-state index in [0.717, 1.165) is 0 Å². The van der Waals surface area contributed by atoms with E-state index in [9.17, 15) is 14.7 Å². The van der Waals surface area contributed by atoms with E-state index in [2.05, 4.69) is 4.98 Å². The summed E-state index contributed by atoms with van der Waals surface area (Å²) < 4.78 is 5.85. The van der Waals surface area contributed by atoms with Crippen molar-refractivity contribution in [1.29, 1.82) is 0 Å². The van der Waals surface area contributed by atoms with Crippen LogP contribution in [0.3, 0.4) is 0 Å². The molecule has 4 aromatic rings. The summed E-state index contributed by atoms with van der Waals surface area (Å²) in [4.78, 5) is 32.3. The van der Waals surface area contributed by atoms with Crippen molar-refractivity contribution in [2.75, 3.05) is 4.90 Å². The van der Waals surface area contributed by atoms with E-state index in [1.54, 1.807) is 48.5 Å². The molecule has 0 aliphatic carbocycles. The van der Waals surface area contributed by atoms with Crippen LogP contribution in [0.15, 0.2) is 76.1 Å². The molecule has 0 fully saturated rings. The Balaban J connectivity index is 1.81. The summed E-state index contributed by atoms with van der Waals surface area (Å²) in [6.45, 7) is 0. The summed E-state index contributed by atoms with van der Waals surface area (Å²) >= 11 is 5.95. The number of anilines is 1. The number of aromatic hydroxyl groups is 1. The lowest BCUT2D eigenvalue weighted by Gasteiger charge is -2.24. The van der Waals surface area contributed by atoms with Gasteiger partial charge in [0.1, 0.15) is 17.2 Å². The average molecular weight is 405 g/mol. The molecule has 0 bridgehead atoms. The first-order valence-electron chi connectivity index (χ1n) is 8.84. The molecule has 1 N–H and O–H groups in total. The number of benzene rings is 2. The van der Waals surface area contributed by atoms with Crippen LogP contribution in [-0.4, -0.2) is 16.0 Å². The van der Waals surface area contributed by atoms with Gasteiger partial charge < -0.3 is 9.52 Å². The van der Waals surface area contributed by atoms with E-state index in [1.165, 1.54) is 23.2 Å². The number of carbonyl (C=O) groups excluding carboxylic acids is 1. The highest BCUT2D eigenvalue weighted by molar-refractivity contribution is 6.30. The van der Waals surface area contributed by atoms with Gasteiger partial charge in [-0.15, -0.1) is 0 Å². The molecule has 0 saturated heterocycles. The van der Waals surface area contributed by atoms with Crippen molar-refractivity contribution in [3.8, 4) is 5.75 Å². The lowest BCUT2D eigenvalue weighted by molar-refractivity contribution is 0.0970. The van der Waals surface area contributed by atoms with Gasteiger partial charge in [-0.25, -0.2) is 4.98 Å². The van der Waals surface area contributed by atoms with E-state index in [0.29, 0.717) is 27.4 Å². The second kappa shape index (κ2) is 6.46. The Morgan fingerprint density at radius 1 is 1.00 bits per heavy atom. The Morgan fingerprint density at radius 2 is 1.76 bits per heavy atom. The fraction of sp³-hybridized carbons (Fsp3) is 0.0455. The highest BCUT2D eigenvalue weighted by Gasteiger charge is 2.44. The predicted octanol–water partition coefficient (Wildman–Crippen LogP) is 4.30. The highest BCUT2D eigenvalue weighted by Crippen LogP contribution is 2.40. The number of amides is 1. The molecule has 142 valence electrons. The van der Waals surface area contributed by atoms with Crippen molar-refractivity contribution in [2.24, 2.45) is 0 Å². The SMILES string of the molecule is O=C1c2oc3ccccc3c(=O)c2[C@H](c2ccc(O)cc2)N1c1ccc(Cl)cn1. The Labute approximate surface area is 169 Å². The largest absolute Gasteiger partial charge is 0.508 e. The van der Waals surface area contributed by atoms with E-state index in [1.807, 2.05) is 0 Å². The number of fused-ring (bicyclic) bond motifs is 2. The van der Waals surface area contributed by atoms with Crippen LogP contribution in [0.25, 0.3) is 11.0 Å². The summed E-state index contributed by atoms with van der Waals surface area (Å²) in [7, 11) is 0. The standard InChI is InChI=1S/C22H13ClN2O4/c23-13-7-10-17(24-11-13)25-19(12-5-8-14(26)9-6-12)18-20(27)15-3-1-2-4-16(15)29-21(18)22(25)28/h1-11,19,26H/t19-/m0/s1. The minimum atomic E-state index is -0.743. The third-order valence-corrected chi connectivity index (χ3v) is 5.17. The molecule has 1 aliphatic rings. The van der Waals surface area contributed by atoms with Gasteiger partial charge in [0, 0.05) is 6.20 Å². The number of phenols is 1. The molecule has 0 spiro atoms. The van der Waals surface area contributed by atoms with Gasteiger partial charge in [0.15, 0.2) is 5.43 Å². The third-order valence-electron chi connectivity index (χ3n) is 4.95. The van der Waals surface area contributed by atoms with Crippen molar-refractivity contribution in [3.05, 3.63) is 99.0 Å². The maximum atomic E-state index is 13.3. The van der Waals surface area contributed by atoms with Crippen LogP contribution in [0.2, 0.25) is 5.02 Å². The number of pyridine rings is 1. The van der Waals surface area contributed by atoms with Gasteiger partial charge in [-0.2, -0.15) is 0 Å². The van der Waals surface area contributed by atoms with Gasteiger partial charge in [0.25, 0.3) is 5.91 Å². The number of aromatic nitrogens is 1. The molecular weight excluding hydrogens is 392 g/mol. The lowest BCUT2D eigenvalue weighted by atomic mass is 9.98. The van der Waals surface area contributed by atoms with E-state index in [4.69, 9.17) is 16.0 Å². The van der Waals surface area contributed by atoms with Crippen molar-refractivity contribution in [3.63, 3.8) is 0 Å². The fourth-order valence-electron chi connectivity index (χ4n) is 3.64. The maximum Gasteiger partial charge on any atom is 0.296 e. The van der Waals surface area contributed by atoms with Gasteiger partial charge in [0.05, 0.1) is 22.0 Å². The van der Waals surface area contributed by atoms with Crippen LogP contribution < -0.4 is 10.3 Å². The molecule has 0 saturated carbocycles. The van der Waals surface area contributed by atoms with Crippen LogP contribution in [0.1, 0.15) is 27.7 Å². The zero-order valence-electron chi connectivity index (χ0n) is 14.9. The first kappa shape index (κ1) is 17.5. The number of para-hydroxylation sites is 1. The molecule has 1 atom stereocenters. The van der Waals surface area contributed by atoms with Crippen molar-refractivity contribution < 1.29 is 14.3 Å². The molecule has 0 radical (unpaired) electrons. The topological polar surface area (TPSA) is 83.6 Å². The van der Waals surface area contributed by atoms with Crippen LogP contribution in [0.5, 0.6) is 5.75 Å². The Morgan fingerprint density at radius 3 is 2.48 bits per heavy atom. The van der Waals surface area contributed by atoms with Crippen LogP contribution in [0.4, 0.5) is 5.82 Å². The monoisotopic (exact) mass is 404 g/mol. The normalized spacial score (nSPS) is 15.7. The number of halogens is 1. The second-order valence-corrected chi connectivity index (χ2v) is 7.11. The highest BCUT2D eigenvalue weighted by atomic mass is 35.5. The zero-order chi connectivity index (χ0) is 20.1. The number of nitrogens with zero attached hydrogens (tertiary/aromatic N) is 2. The minimum absolute atomic E-state index is 0.0106. The third kappa shape index (κ3) is 2.68. The first-order valence-corrected chi connectivity index (χ1v) is 9.22. The number of hydrogen-bond acceptors (Lipinski definition) is 5. The summed E-state index contributed by atoms with van der Waals surface area (Å²) in [5, 5.41) is 10.5. The van der Waals surface area contributed by atoms with Crippen LogP contribution in [-0.2, 0) is 0 Å². The van der Waals surface area contributed by atoms with E-state index < -0.39 is 11.9 Å². The van der Waals surface area contributed by atoms with Crippen LogP contribution >= 0.6 is 11.6 Å². The molecular formula is C22H13ClN2O4. The van der Waals surface area contributed by atoms with Crippen molar-refractivity contribution in [1.82, 2.24) is 4.98 Å². The lowest BCUT2D eigenvalue weighted by Crippen LogP contribution is -2.30. The molecule has 3 heterocycles. The summed E-state index contributed by atoms with van der Waals surface area (Å²) in [6, 6.07) is 15.7. The van der Waals surface area contributed by atoms with Gasteiger partial charge in [0.2, 0.25) is 5.76 Å². The van der Waals surface area contributed by atoms with Gasteiger partial charge in [-0.05, 0) is 42.0 Å². The minimum Gasteiger partial charge on any atom is -0.508 e. The van der Waals surface area contributed by atoms with Gasteiger partial charge >= 0.3 is 0 Å². The molecule has 29 heavy (non-hydrogen) atoms. The Kier molecular flexibility index (Phi) is 3.89. The molecule has 1 aliphatic heterocycles. The molecule has 5 rings (SSSR count). The molecule has 7 heteroatoms. The zero-order valence-corrected chi connectivity index (χ0v) is 15.6. The molecule has 2 aromatic heterocycles. The number of rotatable bonds is 2. The molecule has 2 aromatic carbocycles. The quantitative estimate of drug-likeness (QED) is 0.538. The molecule has 6 nitrogen and oxygen atoms in total. The maximum absolute atomic E-state index is 13.3. The summed E-state index contributed by atoms with van der Waals surface area (Å²) in [5.41, 5.74) is 0.968. The average Bonchev–Trinajstić information content (AvgIpc) is 3.02. The Hall–Kier alpha value is -3.64. The smallest absolute Gasteiger partial charge is 0.296 e. The predicted molar refractivity (Wildman–Crippen MR) is 108 cm³/mol.